The molecule has 24 heavy (non-hydrogen) atoms. The summed E-state index contributed by atoms with van der Waals surface area (Å²) in [6, 6.07) is 6.81. The summed E-state index contributed by atoms with van der Waals surface area (Å²) in [6.45, 7) is 0.653. The molecule has 0 bridgehead atoms. The molecule has 1 amide bonds. The summed E-state index contributed by atoms with van der Waals surface area (Å²) in [5.41, 5.74) is 0.831. The van der Waals surface area contributed by atoms with Crippen molar-refractivity contribution in [3.05, 3.63) is 47.0 Å². The zero-order valence-corrected chi connectivity index (χ0v) is 13.3. The summed E-state index contributed by atoms with van der Waals surface area (Å²) >= 11 is 0. The second-order valence-electron chi connectivity index (χ2n) is 6.29. The molecule has 1 unspecified atom stereocenters. The topological polar surface area (TPSA) is 58.6 Å². The van der Waals surface area contributed by atoms with E-state index in [-0.39, 0.29) is 25.7 Å². The van der Waals surface area contributed by atoms with Crippen molar-refractivity contribution in [2.75, 3.05) is 19.8 Å². The van der Waals surface area contributed by atoms with Crippen molar-refractivity contribution >= 4 is 5.91 Å². The molecule has 1 aromatic carbocycles. The number of carbonyl (C=O) groups excluding carboxylic acids is 1. The molecule has 0 spiro atoms. The number of alkyl halides is 1. The van der Waals surface area contributed by atoms with E-state index in [1.165, 1.54) is 0 Å². The Balaban J connectivity index is 1.59. The number of rotatable bonds is 3. The molecule has 1 atom stereocenters. The van der Waals surface area contributed by atoms with Crippen LogP contribution in [0.5, 0.6) is 0 Å². The number of carbonyl (C=O) groups is 1. The van der Waals surface area contributed by atoms with Gasteiger partial charge >= 0.3 is 0 Å². The zero-order chi connectivity index (χ0) is 17.0. The van der Waals surface area contributed by atoms with E-state index in [1.54, 1.807) is 24.3 Å². The highest BCUT2D eigenvalue weighted by Crippen LogP contribution is 2.20. The number of ether oxygens (including phenoxy) is 1. The van der Waals surface area contributed by atoms with Gasteiger partial charge in [0.1, 0.15) is 11.8 Å². The number of nitrogens with one attached hydrogen (secondary N) is 1. The highest BCUT2D eigenvalue weighted by Gasteiger charge is 2.36. The van der Waals surface area contributed by atoms with Gasteiger partial charge in [0.15, 0.2) is 0 Å². The first-order valence-electron chi connectivity index (χ1n) is 8.10. The van der Waals surface area contributed by atoms with Crippen LogP contribution in [0.15, 0.2) is 35.9 Å². The standard InChI is InChI=1S/C19H20FNO3/c20-17-4-2-1-3-15(17)8-5-14-6-9-16(10-7-14)18(22)21-11-19(23)12-24-13-19/h3,6-7,9-10,17,23H,1-2,4,11-13H2,(H,21,22). The number of amides is 1. The largest absolute Gasteiger partial charge is 0.383 e. The Morgan fingerprint density at radius 3 is 2.71 bits per heavy atom. The molecule has 1 saturated heterocycles. The molecule has 5 heteroatoms. The lowest BCUT2D eigenvalue weighted by molar-refractivity contribution is -0.173. The van der Waals surface area contributed by atoms with Gasteiger partial charge in [-0.3, -0.25) is 4.79 Å². The molecular weight excluding hydrogens is 309 g/mol. The molecule has 0 saturated carbocycles. The molecule has 3 rings (SSSR count). The molecular formula is C19H20FNO3. The quantitative estimate of drug-likeness (QED) is 0.834. The number of hydrogen-bond donors (Lipinski definition) is 2. The van der Waals surface area contributed by atoms with Crippen molar-refractivity contribution in [3.63, 3.8) is 0 Å². The fourth-order valence-corrected chi connectivity index (χ4v) is 2.60. The molecule has 2 aliphatic rings. The fraction of sp³-hybridized carbons (Fsp3) is 0.421. The molecule has 126 valence electrons. The Morgan fingerprint density at radius 2 is 2.08 bits per heavy atom. The molecule has 1 aliphatic carbocycles. The Bertz CT molecular complexity index is 696. The van der Waals surface area contributed by atoms with E-state index in [9.17, 15) is 14.3 Å². The maximum Gasteiger partial charge on any atom is 0.251 e. The summed E-state index contributed by atoms with van der Waals surface area (Å²) in [5.74, 6) is 5.57. The Kier molecular flexibility index (Phi) is 4.98. The average molecular weight is 329 g/mol. The van der Waals surface area contributed by atoms with Gasteiger partial charge in [0.2, 0.25) is 0 Å². The number of allylic oxidation sites excluding steroid dienone is 2. The molecule has 4 nitrogen and oxygen atoms in total. The summed E-state index contributed by atoms with van der Waals surface area (Å²) < 4.78 is 18.6. The molecule has 0 aromatic heterocycles. The summed E-state index contributed by atoms with van der Waals surface area (Å²) in [6.07, 6.45) is 3.19. The molecule has 1 fully saturated rings. The third-order valence-corrected chi connectivity index (χ3v) is 4.18. The fourth-order valence-electron chi connectivity index (χ4n) is 2.60. The maximum atomic E-state index is 13.7. The van der Waals surface area contributed by atoms with Gasteiger partial charge in [-0.1, -0.05) is 17.9 Å². The van der Waals surface area contributed by atoms with E-state index < -0.39 is 11.8 Å². The van der Waals surface area contributed by atoms with Gasteiger partial charge in [-0.05, 0) is 43.5 Å². The van der Waals surface area contributed by atoms with Crippen LogP contribution in [0, 0.1) is 11.8 Å². The minimum Gasteiger partial charge on any atom is -0.383 e. The first-order valence-corrected chi connectivity index (χ1v) is 8.10. The SMILES string of the molecule is O=C(NCC1(O)COC1)c1ccc(C#CC2=CCCCC2F)cc1. The van der Waals surface area contributed by atoms with Crippen LogP contribution in [0.2, 0.25) is 0 Å². The number of benzene rings is 1. The third kappa shape index (κ3) is 4.02. The normalized spacial score (nSPS) is 21.8. The van der Waals surface area contributed by atoms with Crippen LogP contribution in [0.1, 0.15) is 35.2 Å². The van der Waals surface area contributed by atoms with Gasteiger partial charge in [0, 0.05) is 16.7 Å². The molecule has 0 radical (unpaired) electrons. The zero-order valence-electron chi connectivity index (χ0n) is 13.3. The van der Waals surface area contributed by atoms with Gasteiger partial charge < -0.3 is 15.2 Å². The molecule has 1 heterocycles. The maximum absolute atomic E-state index is 13.7. The van der Waals surface area contributed by atoms with Crippen molar-refractivity contribution in [2.45, 2.75) is 31.0 Å². The third-order valence-electron chi connectivity index (χ3n) is 4.18. The van der Waals surface area contributed by atoms with Gasteiger partial charge in [-0.15, -0.1) is 0 Å². The van der Waals surface area contributed by atoms with Gasteiger partial charge in [-0.25, -0.2) is 4.39 Å². The second-order valence-corrected chi connectivity index (χ2v) is 6.29. The summed E-state index contributed by atoms with van der Waals surface area (Å²) in [4.78, 5) is 12.0. The van der Waals surface area contributed by atoms with E-state index in [0.29, 0.717) is 17.6 Å². The number of aliphatic hydroxyl groups is 1. The second kappa shape index (κ2) is 7.16. The van der Waals surface area contributed by atoms with Crippen LogP contribution in [-0.4, -0.2) is 42.5 Å². The molecule has 1 aliphatic heterocycles. The highest BCUT2D eigenvalue weighted by molar-refractivity contribution is 5.94. The predicted molar refractivity (Wildman–Crippen MR) is 88.3 cm³/mol. The predicted octanol–water partition coefficient (Wildman–Crippen LogP) is 1.98. The van der Waals surface area contributed by atoms with E-state index in [2.05, 4.69) is 17.2 Å². The van der Waals surface area contributed by atoms with Crippen LogP contribution in [0.25, 0.3) is 0 Å². The Morgan fingerprint density at radius 1 is 1.33 bits per heavy atom. The van der Waals surface area contributed by atoms with Crippen LogP contribution < -0.4 is 5.32 Å². The minimum atomic E-state index is -0.961. The monoisotopic (exact) mass is 329 g/mol. The van der Waals surface area contributed by atoms with Crippen LogP contribution in [0.3, 0.4) is 0 Å². The van der Waals surface area contributed by atoms with Crippen molar-refractivity contribution in [1.29, 1.82) is 0 Å². The van der Waals surface area contributed by atoms with Crippen LogP contribution in [0.4, 0.5) is 4.39 Å². The van der Waals surface area contributed by atoms with E-state index >= 15 is 0 Å². The number of hydrogen-bond acceptors (Lipinski definition) is 3. The molecule has 1 aromatic rings. The number of halogens is 1. The van der Waals surface area contributed by atoms with Crippen LogP contribution in [-0.2, 0) is 4.74 Å². The van der Waals surface area contributed by atoms with Crippen molar-refractivity contribution in [1.82, 2.24) is 5.32 Å². The van der Waals surface area contributed by atoms with Gasteiger partial charge in [0.05, 0.1) is 19.8 Å². The lowest BCUT2D eigenvalue weighted by Gasteiger charge is -2.36. The van der Waals surface area contributed by atoms with Crippen molar-refractivity contribution < 1.29 is 19.0 Å². The first-order chi connectivity index (χ1) is 11.6. The lowest BCUT2D eigenvalue weighted by atomic mass is 9.98. The van der Waals surface area contributed by atoms with Gasteiger partial charge in [0.25, 0.3) is 5.91 Å². The first kappa shape index (κ1) is 16.7. The summed E-state index contributed by atoms with van der Waals surface area (Å²) in [5, 5.41) is 12.6. The Labute approximate surface area is 140 Å². The highest BCUT2D eigenvalue weighted by atomic mass is 19.1. The van der Waals surface area contributed by atoms with Crippen molar-refractivity contribution in [3.8, 4) is 11.8 Å². The average Bonchev–Trinajstić information content (AvgIpc) is 2.58. The van der Waals surface area contributed by atoms with E-state index in [1.807, 2.05) is 6.08 Å². The van der Waals surface area contributed by atoms with E-state index in [0.717, 1.165) is 18.4 Å². The summed E-state index contributed by atoms with van der Waals surface area (Å²) in [7, 11) is 0. The lowest BCUT2D eigenvalue weighted by Crippen LogP contribution is -2.56. The van der Waals surface area contributed by atoms with Crippen LogP contribution >= 0.6 is 0 Å². The Hall–Kier alpha value is -2.16. The van der Waals surface area contributed by atoms with E-state index in [4.69, 9.17) is 4.74 Å². The smallest absolute Gasteiger partial charge is 0.251 e. The molecule has 2 N–H and O–H groups in total. The van der Waals surface area contributed by atoms with Gasteiger partial charge in [-0.2, -0.15) is 0 Å². The minimum absolute atomic E-state index is 0.166. The van der Waals surface area contributed by atoms with Crippen molar-refractivity contribution in [2.24, 2.45) is 0 Å².